The summed E-state index contributed by atoms with van der Waals surface area (Å²) in [7, 11) is 0. The molecule has 0 aliphatic rings. The van der Waals surface area contributed by atoms with Crippen molar-refractivity contribution >= 4 is 22.5 Å². The van der Waals surface area contributed by atoms with Gasteiger partial charge < -0.3 is 0 Å². The molecule has 0 unspecified atom stereocenters. The second kappa shape index (κ2) is 5.02. The lowest BCUT2D eigenvalue weighted by molar-refractivity contribution is 0.696. The Balaban J connectivity index is 2.06. The molecule has 0 spiro atoms. The van der Waals surface area contributed by atoms with Gasteiger partial charge in [-0.15, -0.1) is 0 Å². The highest BCUT2D eigenvalue weighted by molar-refractivity contribution is 6.35. The van der Waals surface area contributed by atoms with Crippen LogP contribution < -0.4 is 0 Å². The molecule has 1 aromatic carbocycles. The van der Waals surface area contributed by atoms with E-state index >= 15 is 0 Å². The van der Waals surface area contributed by atoms with Crippen LogP contribution in [0.5, 0.6) is 0 Å². The largest absolute Gasteiger partial charge is 0.259 e. The number of hydrogen-bond acceptors (Lipinski definition) is 2. The van der Waals surface area contributed by atoms with Gasteiger partial charge in [-0.1, -0.05) is 24.6 Å². The van der Waals surface area contributed by atoms with Crippen LogP contribution in [0.1, 0.15) is 18.2 Å². The van der Waals surface area contributed by atoms with E-state index in [2.05, 4.69) is 23.1 Å². The number of pyridine rings is 1. The molecule has 0 radical (unpaired) electrons. The van der Waals surface area contributed by atoms with E-state index in [1.807, 2.05) is 35.1 Å². The molecule has 0 saturated heterocycles. The zero-order valence-electron chi connectivity index (χ0n) is 10.7. The molecule has 0 saturated carbocycles. The molecule has 4 heteroatoms. The average Bonchev–Trinajstić information content (AvgIpc) is 2.83. The van der Waals surface area contributed by atoms with Gasteiger partial charge in [-0.2, -0.15) is 5.10 Å². The monoisotopic (exact) mass is 271 g/mol. The molecular formula is C15H14ClN3. The van der Waals surface area contributed by atoms with Gasteiger partial charge in [0, 0.05) is 11.6 Å². The molecule has 2 heterocycles. The fourth-order valence-electron chi connectivity index (χ4n) is 2.21. The van der Waals surface area contributed by atoms with Crippen LogP contribution >= 0.6 is 11.6 Å². The maximum atomic E-state index is 6.37. The lowest BCUT2D eigenvalue weighted by atomic mass is 10.1. The molecule has 19 heavy (non-hydrogen) atoms. The van der Waals surface area contributed by atoms with Gasteiger partial charge in [0.05, 0.1) is 29.0 Å². The van der Waals surface area contributed by atoms with Crippen LogP contribution in [0.15, 0.2) is 42.7 Å². The summed E-state index contributed by atoms with van der Waals surface area (Å²) in [6, 6.07) is 10.0. The van der Waals surface area contributed by atoms with Crippen molar-refractivity contribution in [2.45, 2.75) is 19.9 Å². The van der Waals surface area contributed by atoms with Crippen molar-refractivity contribution in [2.24, 2.45) is 0 Å². The molecule has 96 valence electrons. The van der Waals surface area contributed by atoms with Gasteiger partial charge in [0.2, 0.25) is 0 Å². The van der Waals surface area contributed by atoms with Crippen molar-refractivity contribution in [2.75, 3.05) is 0 Å². The number of aromatic nitrogens is 3. The van der Waals surface area contributed by atoms with Gasteiger partial charge in [-0.25, -0.2) is 0 Å². The number of hydrogen-bond donors (Lipinski definition) is 0. The van der Waals surface area contributed by atoms with Crippen LogP contribution in [-0.2, 0) is 13.0 Å². The van der Waals surface area contributed by atoms with E-state index in [9.17, 15) is 0 Å². The Morgan fingerprint density at radius 3 is 2.89 bits per heavy atom. The molecule has 3 aromatic rings. The van der Waals surface area contributed by atoms with Crippen molar-refractivity contribution in [3.63, 3.8) is 0 Å². The first kappa shape index (κ1) is 12.2. The van der Waals surface area contributed by atoms with E-state index in [0.29, 0.717) is 6.54 Å². The first-order valence-corrected chi connectivity index (χ1v) is 6.69. The third-order valence-corrected chi connectivity index (χ3v) is 3.48. The third kappa shape index (κ3) is 2.34. The number of aryl methyl sites for hydroxylation is 1. The number of benzene rings is 1. The van der Waals surface area contributed by atoms with Crippen molar-refractivity contribution < 1.29 is 0 Å². The summed E-state index contributed by atoms with van der Waals surface area (Å²) in [5.41, 5.74) is 3.18. The zero-order chi connectivity index (χ0) is 13.2. The summed E-state index contributed by atoms with van der Waals surface area (Å²) in [5, 5.41) is 6.26. The topological polar surface area (TPSA) is 30.7 Å². The minimum Gasteiger partial charge on any atom is -0.259 e. The molecule has 0 N–H and O–H groups in total. The molecule has 0 aliphatic heterocycles. The number of fused-ring (bicyclic) bond motifs is 1. The third-order valence-electron chi connectivity index (χ3n) is 3.19. The fourth-order valence-corrected chi connectivity index (χ4v) is 2.56. The van der Waals surface area contributed by atoms with E-state index in [1.165, 1.54) is 5.56 Å². The number of halogens is 1. The molecule has 3 nitrogen and oxygen atoms in total. The maximum Gasteiger partial charge on any atom is 0.0873 e. The van der Waals surface area contributed by atoms with Crippen LogP contribution in [0, 0.1) is 0 Å². The van der Waals surface area contributed by atoms with Crippen LogP contribution in [0.2, 0.25) is 5.02 Å². The van der Waals surface area contributed by atoms with Gasteiger partial charge in [0.1, 0.15) is 0 Å². The van der Waals surface area contributed by atoms with Crippen LogP contribution in [0.3, 0.4) is 0 Å². The second-order valence-corrected chi connectivity index (χ2v) is 4.90. The van der Waals surface area contributed by atoms with Crippen LogP contribution in [0.25, 0.3) is 10.9 Å². The van der Waals surface area contributed by atoms with Gasteiger partial charge in [0.25, 0.3) is 0 Å². The summed E-state index contributed by atoms with van der Waals surface area (Å²) in [6.07, 6.45) is 4.63. The average molecular weight is 272 g/mol. The van der Waals surface area contributed by atoms with Crippen molar-refractivity contribution in [1.29, 1.82) is 0 Å². The summed E-state index contributed by atoms with van der Waals surface area (Å²) in [5.74, 6) is 0. The highest BCUT2D eigenvalue weighted by Crippen LogP contribution is 2.26. The van der Waals surface area contributed by atoms with Crippen molar-refractivity contribution in [3.05, 3.63) is 59.0 Å². The molecule has 2 aromatic heterocycles. The smallest absolute Gasteiger partial charge is 0.0873 e. The Kier molecular flexibility index (Phi) is 3.22. The van der Waals surface area contributed by atoms with E-state index in [-0.39, 0.29) is 0 Å². The van der Waals surface area contributed by atoms with E-state index < -0.39 is 0 Å². The molecule has 3 rings (SSSR count). The first-order valence-electron chi connectivity index (χ1n) is 6.32. The summed E-state index contributed by atoms with van der Waals surface area (Å²) in [4.78, 5) is 4.32. The molecule has 0 amide bonds. The Morgan fingerprint density at radius 2 is 2.16 bits per heavy atom. The summed E-state index contributed by atoms with van der Waals surface area (Å²) in [6.45, 7) is 2.76. The van der Waals surface area contributed by atoms with Gasteiger partial charge >= 0.3 is 0 Å². The van der Waals surface area contributed by atoms with Crippen molar-refractivity contribution in [3.8, 4) is 0 Å². The SMILES string of the molecule is CCc1cc(Cl)c2c(cnn2Cc2ccccn2)c1. The highest BCUT2D eigenvalue weighted by Gasteiger charge is 2.09. The lowest BCUT2D eigenvalue weighted by Crippen LogP contribution is -2.03. The van der Waals surface area contributed by atoms with Crippen LogP contribution in [-0.4, -0.2) is 14.8 Å². The zero-order valence-corrected chi connectivity index (χ0v) is 11.4. The molecular weight excluding hydrogens is 258 g/mol. The molecule has 0 atom stereocenters. The van der Waals surface area contributed by atoms with Gasteiger partial charge in [-0.05, 0) is 36.2 Å². The Morgan fingerprint density at radius 1 is 1.26 bits per heavy atom. The minimum atomic E-state index is 0.634. The molecule has 0 fully saturated rings. The van der Waals surface area contributed by atoms with Gasteiger partial charge in [-0.3, -0.25) is 9.67 Å². The van der Waals surface area contributed by atoms with E-state index in [1.54, 1.807) is 6.20 Å². The molecule has 0 bridgehead atoms. The lowest BCUT2D eigenvalue weighted by Gasteiger charge is -2.05. The van der Waals surface area contributed by atoms with Gasteiger partial charge in [0.15, 0.2) is 0 Å². The normalized spacial score (nSPS) is 11.1. The van der Waals surface area contributed by atoms with E-state index in [0.717, 1.165) is 28.0 Å². The Labute approximate surface area is 116 Å². The number of rotatable bonds is 3. The first-order chi connectivity index (χ1) is 9.28. The minimum absolute atomic E-state index is 0.634. The summed E-state index contributed by atoms with van der Waals surface area (Å²) < 4.78 is 1.90. The predicted octanol–water partition coefficient (Wildman–Crippen LogP) is 3.70. The Bertz CT molecular complexity index is 704. The fraction of sp³-hybridized carbons (Fsp3) is 0.200. The Hall–Kier alpha value is -1.87. The quantitative estimate of drug-likeness (QED) is 0.727. The molecule has 0 aliphatic carbocycles. The highest BCUT2D eigenvalue weighted by atomic mass is 35.5. The van der Waals surface area contributed by atoms with Crippen molar-refractivity contribution in [1.82, 2.24) is 14.8 Å². The van der Waals surface area contributed by atoms with E-state index in [4.69, 9.17) is 11.6 Å². The summed E-state index contributed by atoms with van der Waals surface area (Å²) >= 11 is 6.37. The standard InChI is InChI=1S/C15H14ClN3/c1-2-11-7-12-9-18-19(15(12)14(16)8-11)10-13-5-3-4-6-17-13/h3-9H,2,10H2,1H3. The maximum absolute atomic E-state index is 6.37. The predicted molar refractivity (Wildman–Crippen MR) is 77.5 cm³/mol. The number of nitrogens with zero attached hydrogens (tertiary/aromatic N) is 3. The second-order valence-electron chi connectivity index (χ2n) is 4.49. The van der Waals surface area contributed by atoms with Crippen LogP contribution in [0.4, 0.5) is 0 Å².